The van der Waals surface area contributed by atoms with Gasteiger partial charge >= 0.3 is 0 Å². The molecule has 35 heavy (non-hydrogen) atoms. The van der Waals surface area contributed by atoms with Gasteiger partial charge in [-0.2, -0.15) is 0 Å². The van der Waals surface area contributed by atoms with E-state index < -0.39 is 0 Å². The highest BCUT2D eigenvalue weighted by Gasteiger charge is 2.23. The first-order valence-electron chi connectivity index (χ1n) is 12.6. The maximum Gasteiger partial charge on any atom is 0.253 e. The molecule has 6 nitrogen and oxygen atoms in total. The minimum atomic E-state index is 0.143. The van der Waals surface area contributed by atoms with Crippen LogP contribution >= 0.6 is 11.3 Å². The van der Waals surface area contributed by atoms with Gasteiger partial charge in [0.05, 0.1) is 12.8 Å². The summed E-state index contributed by atoms with van der Waals surface area (Å²) in [6, 6.07) is 16.3. The number of piperazine rings is 1. The van der Waals surface area contributed by atoms with Gasteiger partial charge in [0.1, 0.15) is 10.8 Å². The van der Waals surface area contributed by atoms with Crippen LogP contribution in [0.15, 0.2) is 53.9 Å². The number of carbonyl (C=O) groups is 1. The second-order valence-corrected chi connectivity index (χ2v) is 10.3. The molecule has 0 atom stereocenters. The Morgan fingerprint density at radius 3 is 2.23 bits per heavy atom. The number of carbonyl (C=O) groups excluding carboxylic acids is 1. The van der Waals surface area contributed by atoms with Crippen LogP contribution in [0.4, 0.5) is 0 Å². The van der Waals surface area contributed by atoms with Gasteiger partial charge in [0.2, 0.25) is 0 Å². The van der Waals surface area contributed by atoms with E-state index in [0.29, 0.717) is 0 Å². The first-order valence-corrected chi connectivity index (χ1v) is 13.5. The molecule has 2 aliphatic rings. The van der Waals surface area contributed by atoms with E-state index in [9.17, 15) is 4.79 Å². The number of methoxy groups -OCH3 is 1. The standard InChI is InChI=1S/C28H34N4O2S/c1-34-26-11-9-23(10-12-26)27-29-25(21-35-27)20-31-15-17-32(18-16-31)28(33)24-7-5-22(6-8-24)19-30-13-3-2-4-14-30/h5-12,21H,2-4,13-20H2,1H3. The van der Waals surface area contributed by atoms with Crippen LogP contribution in [0.3, 0.4) is 0 Å². The molecule has 0 saturated carbocycles. The van der Waals surface area contributed by atoms with Crippen molar-refractivity contribution >= 4 is 17.2 Å². The van der Waals surface area contributed by atoms with E-state index in [1.54, 1.807) is 18.4 Å². The number of aromatic nitrogens is 1. The van der Waals surface area contributed by atoms with E-state index in [1.165, 1.54) is 37.9 Å². The van der Waals surface area contributed by atoms with Crippen molar-refractivity contribution in [3.05, 3.63) is 70.7 Å². The SMILES string of the molecule is COc1ccc(-c2nc(CN3CCN(C(=O)c4ccc(CN5CCCCC5)cc4)CC3)cs2)cc1. The number of nitrogens with zero attached hydrogens (tertiary/aromatic N) is 4. The second kappa shape index (κ2) is 11.3. The summed E-state index contributed by atoms with van der Waals surface area (Å²) in [6.45, 7) is 7.43. The highest BCUT2D eigenvalue weighted by atomic mass is 32.1. The molecule has 2 aliphatic heterocycles. The van der Waals surface area contributed by atoms with E-state index in [-0.39, 0.29) is 5.91 Å². The average molecular weight is 491 g/mol. The molecule has 0 radical (unpaired) electrons. The summed E-state index contributed by atoms with van der Waals surface area (Å²) < 4.78 is 5.24. The van der Waals surface area contributed by atoms with Crippen LogP contribution < -0.4 is 4.74 Å². The summed E-state index contributed by atoms with van der Waals surface area (Å²) in [7, 11) is 1.68. The molecule has 2 aromatic carbocycles. The van der Waals surface area contributed by atoms with E-state index in [0.717, 1.165) is 66.8 Å². The molecule has 2 saturated heterocycles. The monoisotopic (exact) mass is 490 g/mol. The number of rotatable bonds is 7. The lowest BCUT2D eigenvalue weighted by Gasteiger charge is -2.34. The molecular formula is C28H34N4O2S. The number of ether oxygens (including phenoxy) is 1. The molecule has 2 fully saturated rings. The largest absolute Gasteiger partial charge is 0.497 e. The quantitative estimate of drug-likeness (QED) is 0.478. The third kappa shape index (κ3) is 6.10. The topological polar surface area (TPSA) is 48.9 Å². The number of hydrogen-bond donors (Lipinski definition) is 0. The Hall–Kier alpha value is -2.74. The number of thiazole rings is 1. The fourth-order valence-electron chi connectivity index (χ4n) is 4.89. The Morgan fingerprint density at radius 1 is 0.857 bits per heavy atom. The van der Waals surface area contributed by atoms with Gasteiger partial charge in [-0.05, 0) is 67.9 Å². The van der Waals surface area contributed by atoms with Crippen molar-refractivity contribution in [2.24, 2.45) is 0 Å². The number of amides is 1. The van der Waals surface area contributed by atoms with Gasteiger partial charge in [-0.15, -0.1) is 11.3 Å². The zero-order chi connectivity index (χ0) is 24.0. The van der Waals surface area contributed by atoms with Crippen LogP contribution in [0.2, 0.25) is 0 Å². The minimum Gasteiger partial charge on any atom is -0.497 e. The highest BCUT2D eigenvalue weighted by Crippen LogP contribution is 2.26. The Labute approximate surface area is 212 Å². The number of piperidine rings is 1. The maximum absolute atomic E-state index is 13.0. The smallest absolute Gasteiger partial charge is 0.253 e. The Kier molecular flexibility index (Phi) is 7.76. The van der Waals surface area contributed by atoms with Gasteiger partial charge in [0.25, 0.3) is 5.91 Å². The van der Waals surface area contributed by atoms with E-state index >= 15 is 0 Å². The van der Waals surface area contributed by atoms with Gasteiger partial charge in [-0.1, -0.05) is 18.6 Å². The van der Waals surface area contributed by atoms with Gasteiger partial charge in [-0.3, -0.25) is 14.6 Å². The summed E-state index contributed by atoms with van der Waals surface area (Å²) in [5.74, 6) is 0.996. The lowest BCUT2D eigenvalue weighted by molar-refractivity contribution is 0.0627. The van der Waals surface area contributed by atoms with E-state index in [2.05, 4.69) is 27.3 Å². The van der Waals surface area contributed by atoms with E-state index in [4.69, 9.17) is 9.72 Å². The predicted octanol–water partition coefficient (Wildman–Crippen LogP) is 4.76. The molecule has 0 spiro atoms. The van der Waals surface area contributed by atoms with Crippen LogP contribution in [-0.4, -0.2) is 72.0 Å². The van der Waals surface area contributed by atoms with Gasteiger partial charge in [0.15, 0.2) is 0 Å². The molecule has 1 amide bonds. The number of benzene rings is 2. The first-order chi connectivity index (χ1) is 17.2. The minimum absolute atomic E-state index is 0.143. The molecule has 5 rings (SSSR count). The normalized spacial score (nSPS) is 17.5. The molecule has 3 heterocycles. The number of likely N-dealkylation sites (tertiary alicyclic amines) is 1. The molecule has 0 bridgehead atoms. The average Bonchev–Trinajstić information content (AvgIpc) is 3.38. The Morgan fingerprint density at radius 2 is 1.54 bits per heavy atom. The van der Waals surface area contributed by atoms with Crippen molar-refractivity contribution in [3.8, 4) is 16.3 Å². The van der Waals surface area contributed by atoms with Crippen molar-refractivity contribution in [2.75, 3.05) is 46.4 Å². The van der Waals surface area contributed by atoms with Crippen molar-refractivity contribution in [2.45, 2.75) is 32.4 Å². The molecule has 3 aromatic rings. The van der Waals surface area contributed by atoms with Crippen molar-refractivity contribution in [1.29, 1.82) is 0 Å². The third-order valence-electron chi connectivity index (χ3n) is 6.99. The highest BCUT2D eigenvalue weighted by molar-refractivity contribution is 7.13. The van der Waals surface area contributed by atoms with Crippen LogP contribution in [0, 0.1) is 0 Å². The third-order valence-corrected chi connectivity index (χ3v) is 7.93. The van der Waals surface area contributed by atoms with E-state index in [1.807, 2.05) is 41.3 Å². The predicted molar refractivity (Wildman–Crippen MR) is 141 cm³/mol. The molecule has 0 N–H and O–H groups in total. The maximum atomic E-state index is 13.0. The van der Waals surface area contributed by atoms with Crippen LogP contribution in [0.5, 0.6) is 5.75 Å². The van der Waals surface area contributed by atoms with Crippen LogP contribution in [0.25, 0.3) is 10.6 Å². The van der Waals surface area contributed by atoms with Crippen LogP contribution in [0.1, 0.15) is 40.9 Å². The Bertz CT molecular complexity index is 1100. The van der Waals surface area contributed by atoms with Gasteiger partial charge in [-0.25, -0.2) is 4.98 Å². The molecule has 184 valence electrons. The van der Waals surface area contributed by atoms with Gasteiger partial charge < -0.3 is 9.64 Å². The fourth-order valence-corrected chi connectivity index (χ4v) is 5.71. The van der Waals surface area contributed by atoms with Gasteiger partial charge in [0, 0.05) is 55.8 Å². The summed E-state index contributed by atoms with van der Waals surface area (Å²) in [4.78, 5) is 24.8. The molecule has 1 aromatic heterocycles. The van der Waals surface area contributed by atoms with Crippen molar-refractivity contribution in [3.63, 3.8) is 0 Å². The summed E-state index contributed by atoms with van der Waals surface area (Å²) in [6.07, 6.45) is 3.95. The Balaban J connectivity index is 1.10. The molecular weight excluding hydrogens is 456 g/mol. The van der Waals surface area contributed by atoms with Crippen LogP contribution in [-0.2, 0) is 13.1 Å². The number of hydrogen-bond acceptors (Lipinski definition) is 6. The lowest BCUT2D eigenvalue weighted by Crippen LogP contribution is -2.48. The summed E-state index contributed by atoms with van der Waals surface area (Å²) in [5, 5.41) is 3.17. The van der Waals surface area contributed by atoms with Crippen molar-refractivity contribution in [1.82, 2.24) is 19.7 Å². The summed E-state index contributed by atoms with van der Waals surface area (Å²) in [5.41, 5.74) is 4.29. The zero-order valence-corrected chi connectivity index (χ0v) is 21.3. The molecule has 0 aliphatic carbocycles. The summed E-state index contributed by atoms with van der Waals surface area (Å²) >= 11 is 1.67. The fraction of sp³-hybridized carbons (Fsp3) is 0.429. The van der Waals surface area contributed by atoms with Crippen molar-refractivity contribution < 1.29 is 9.53 Å². The molecule has 7 heteroatoms. The first kappa shape index (κ1) is 24.0. The second-order valence-electron chi connectivity index (χ2n) is 9.47. The lowest BCUT2D eigenvalue weighted by atomic mass is 10.1. The molecule has 0 unspecified atom stereocenters. The zero-order valence-electron chi connectivity index (χ0n) is 20.5.